The number of hydrogen-bond donors (Lipinski definition) is 0. The van der Waals surface area contributed by atoms with Gasteiger partial charge in [0.15, 0.2) is 0 Å². The zero-order valence-electron chi connectivity index (χ0n) is 13.9. The highest BCUT2D eigenvalue weighted by molar-refractivity contribution is 5.88. The molecule has 2 heterocycles. The van der Waals surface area contributed by atoms with E-state index in [0.717, 1.165) is 5.56 Å². The Hall–Kier alpha value is -2.50. The molecule has 0 aliphatic carbocycles. The Bertz CT molecular complexity index is 689. The van der Waals surface area contributed by atoms with Crippen molar-refractivity contribution in [2.24, 2.45) is 0 Å². The molecule has 24 heavy (non-hydrogen) atoms. The second-order valence-corrected chi connectivity index (χ2v) is 6.33. The van der Waals surface area contributed by atoms with Gasteiger partial charge < -0.3 is 9.47 Å². The van der Waals surface area contributed by atoms with E-state index in [0.29, 0.717) is 38.9 Å². The average molecular weight is 326 g/mol. The van der Waals surface area contributed by atoms with Gasteiger partial charge in [-0.3, -0.25) is 9.59 Å². The molecule has 0 spiro atoms. The van der Waals surface area contributed by atoms with Crippen molar-refractivity contribution < 1.29 is 9.59 Å². The van der Waals surface area contributed by atoms with Gasteiger partial charge in [-0.25, -0.2) is 0 Å². The number of carbonyl (C=O) groups is 2. The molecule has 6 nitrogen and oxygen atoms in total. The minimum Gasteiger partial charge on any atom is -0.343 e. The van der Waals surface area contributed by atoms with Gasteiger partial charge in [0.2, 0.25) is 5.91 Å². The smallest absolute Gasteiger partial charge is 0.224 e. The normalized spacial score (nSPS) is 16.8. The summed E-state index contributed by atoms with van der Waals surface area (Å²) in [6, 6.07) is 9.93. The van der Waals surface area contributed by atoms with Crippen molar-refractivity contribution >= 4 is 11.7 Å². The predicted molar refractivity (Wildman–Crippen MR) is 89.3 cm³/mol. The molecule has 1 aliphatic rings. The van der Waals surface area contributed by atoms with Gasteiger partial charge in [0.1, 0.15) is 18.4 Å². The summed E-state index contributed by atoms with van der Waals surface area (Å²) < 4.78 is 1.80. The van der Waals surface area contributed by atoms with E-state index in [9.17, 15) is 9.59 Å². The number of aromatic nitrogens is 3. The Morgan fingerprint density at radius 2 is 1.71 bits per heavy atom. The van der Waals surface area contributed by atoms with Crippen LogP contribution in [0.1, 0.15) is 31.7 Å². The topological polar surface area (TPSA) is 68.1 Å². The Labute approximate surface area is 141 Å². The molecule has 1 aromatic heterocycles. The van der Waals surface area contributed by atoms with Crippen LogP contribution in [0.15, 0.2) is 43.0 Å². The number of hydrogen-bond acceptors (Lipinski definition) is 4. The first kappa shape index (κ1) is 16.4. The van der Waals surface area contributed by atoms with Gasteiger partial charge in [-0.1, -0.05) is 30.3 Å². The molecule has 1 saturated heterocycles. The molecule has 2 aromatic rings. The SMILES string of the molecule is CC(=O)C1(c2ccccc2)CCN(C(=O)CCn2cnnc2)CC1. The van der Waals surface area contributed by atoms with E-state index < -0.39 is 5.41 Å². The summed E-state index contributed by atoms with van der Waals surface area (Å²) in [5.41, 5.74) is 0.612. The number of carbonyl (C=O) groups excluding carboxylic acids is 2. The number of rotatable bonds is 5. The van der Waals surface area contributed by atoms with Crippen molar-refractivity contribution in [3.05, 3.63) is 48.5 Å². The van der Waals surface area contributed by atoms with Crippen LogP contribution in [0.25, 0.3) is 0 Å². The lowest BCUT2D eigenvalue weighted by molar-refractivity contribution is -0.135. The molecule has 0 unspecified atom stereocenters. The Morgan fingerprint density at radius 1 is 1.08 bits per heavy atom. The number of piperidine rings is 1. The van der Waals surface area contributed by atoms with Crippen LogP contribution in [0.2, 0.25) is 0 Å². The molecule has 1 aliphatic heterocycles. The van der Waals surface area contributed by atoms with Gasteiger partial charge in [0, 0.05) is 26.1 Å². The van der Waals surface area contributed by atoms with Crippen LogP contribution in [0.3, 0.4) is 0 Å². The lowest BCUT2D eigenvalue weighted by Crippen LogP contribution is -2.48. The molecule has 126 valence electrons. The minimum absolute atomic E-state index is 0.119. The third-order valence-electron chi connectivity index (χ3n) is 5.02. The maximum atomic E-state index is 12.4. The summed E-state index contributed by atoms with van der Waals surface area (Å²) in [4.78, 5) is 26.6. The van der Waals surface area contributed by atoms with Crippen LogP contribution >= 0.6 is 0 Å². The lowest BCUT2D eigenvalue weighted by Gasteiger charge is -2.40. The highest BCUT2D eigenvalue weighted by Gasteiger charge is 2.41. The summed E-state index contributed by atoms with van der Waals surface area (Å²) in [6.07, 6.45) is 5.02. The molecule has 0 radical (unpaired) electrons. The number of benzene rings is 1. The summed E-state index contributed by atoms with van der Waals surface area (Å²) in [5, 5.41) is 7.47. The summed E-state index contributed by atoms with van der Waals surface area (Å²) in [5.74, 6) is 0.305. The molecular weight excluding hydrogens is 304 g/mol. The first-order valence-corrected chi connectivity index (χ1v) is 8.28. The van der Waals surface area contributed by atoms with Crippen molar-refractivity contribution in [2.75, 3.05) is 13.1 Å². The molecule has 0 N–H and O–H groups in total. The van der Waals surface area contributed by atoms with E-state index in [1.165, 1.54) is 0 Å². The van der Waals surface area contributed by atoms with E-state index in [1.807, 2.05) is 35.2 Å². The molecule has 0 saturated carbocycles. The molecule has 1 fully saturated rings. The molecule has 1 aromatic carbocycles. The number of aryl methyl sites for hydroxylation is 1. The van der Waals surface area contributed by atoms with Crippen LogP contribution in [-0.4, -0.2) is 44.4 Å². The second-order valence-electron chi connectivity index (χ2n) is 6.33. The zero-order valence-corrected chi connectivity index (χ0v) is 13.9. The maximum Gasteiger partial charge on any atom is 0.224 e. The van der Waals surface area contributed by atoms with E-state index >= 15 is 0 Å². The monoisotopic (exact) mass is 326 g/mol. The fourth-order valence-electron chi connectivity index (χ4n) is 3.46. The summed E-state index contributed by atoms with van der Waals surface area (Å²) in [6.45, 7) is 3.49. The van der Waals surface area contributed by atoms with Gasteiger partial charge in [-0.05, 0) is 25.3 Å². The highest BCUT2D eigenvalue weighted by atomic mass is 16.2. The number of ketones is 1. The van der Waals surface area contributed by atoms with Crippen LogP contribution in [0, 0.1) is 0 Å². The van der Waals surface area contributed by atoms with Gasteiger partial charge in [-0.15, -0.1) is 10.2 Å². The van der Waals surface area contributed by atoms with Crippen LogP contribution < -0.4 is 0 Å². The number of Topliss-reactive ketones (excluding diaryl/α,β-unsaturated/α-hetero) is 1. The minimum atomic E-state index is -0.452. The maximum absolute atomic E-state index is 12.4. The molecule has 3 rings (SSSR count). The number of nitrogens with zero attached hydrogens (tertiary/aromatic N) is 4. The van der Waals surface area contributed by atoms with Crippen LogP contribution in [0.4, 0.5) is 0 Å². The Morgan fingerprint density at radius 3 is 2.29 bits per heavy atom. The third kappa shape index (κ3) is 3.22. The summed E-state index contributed by atoms with van der Waals surface area (Å²) in [7, 11) is 0. The Balaban J connectivity index is 1.63. The van der Waals surface area contributed by atoms with Gasteiger partial charge >= 0.3 is 0 Å². The number of amides is 1. The fourth-order valence-corrected chi connectivity index (χ4v) is 3.46. The van der Waals surface area contributed by atoms with Crippen molar-refractivity contribution in [2.45, 2.75) is 38.1 Å². The first-order chi connectivity index (χ1) is 11.6. The third-order valence-corrected chi connectivity index (χ3v) is 5.02. The fraction of sp³-hybridized carbons (Fsp3) is 0.444. The van der Waals surface area contributed by atoms with Crippen LogP contribution in [-0.2, 0) is 21.5 Å². The zero-order chi connectivity index (χ0) is 17.0. The molecule has 6 heteroatoms. The van der Waals surface area contributed by atoms with Crippen molar-refractivity contribution in [3.8, 4) is 0 Å². The molecule has 0 atom stereocenters. The average Bonchev–Trinajstić information content (AvgIpc) is 3.14. The quantitative estimate of drug-likeness (QED) is 0.840. The number of likely N-dealkylation sites (tertiary alicyclic amines) is 1. The van der Waals surface area contributed by atoms with E-state index in [4.69, 9.17) is 0 Å². The molecular formula is C18H22N4O2. The van der Waals surface area contributed by atoms with Crippen molar-refractivity contribution in [1.29, 1.82) is 0 Å². The largest absolute Gasteiger partial charge is 0.343 e. The van der Waals surface area contributed by atoms with Gasteiger partial charge in [0.05, 0.1) is 5.41 Å². The molecule has 1 amide bonds. The second kappa shape index (κ2) is 6.95. The van der Waals surface area contributed by atoms with Gasteiger partial charge in [0.25, 0.3) is 0 Å². The van der Waals surface area contributed by atoms with Crippen molar-refractivity contribution in [3.63, 3.8) is 0 Å². The standard InChI is InChI=1S/C18H22N4O2/c1-15(23)18(16-5-3-2-4-6-16)8-11-22(12-9-18)17(24)7-10-21-13-19-20-14-21/h2-6,13-14H,7-12H2,1H3. The van der Waals surface area contributed by atoms with E-state index in [2.05, 4.69) is 10.2 Å². The van der Waals surface area contributed by atoms with Crippen molar-refractivity contribution in [1.82, 2.24) is 19.7 Å². The predicted octanol–water partition coefficient (Wildman–Crippen LogP) is 1.82. The summed E-state index contributed by atoms with van der Waals surface area (Å²) >= 11 is 0. The Kier molecular flexibility index (Phi) is 4.74. The van der Waals surface area contributed by atoms with E-state index in [1.54, 1.807) is 24.1 Å². The van der Waals surface area contributed by atoms with Crippen LogP contribution in [0.5, 0.6) is 0 Å². The first-order valence-electron chi connectivity index (χ1n) is 8.28. The lowest BCUT2D eigenvalue weighted by atomic mass is 9.70. The van der Waals surface area contributed by atoms with E-state index in [-0.39, 0.29) is 11.7 Å². The van der Waals surface area contributed by atoms with Gasteiger partial charge in [-0.2, -0.15) is 0 Å². The molecule has 0 bridgehead atoms. The highest BCUT2D eigenvalue weighted by Crippen LogP contribution is 2.36.